The molecule has 0 bridgehead atoms. The lowest BCUT2D eigenvalue weighted by molar-refractivity contribution is 1.18. The van der Waals surface area contributed by atoms with E-state index < -0.39 is 0 Å². The van der Waals surface area contributed by atoms with Crippen LogP contribution in [-0.2, 0) is 0 Å². The summed E-state index contributed by atoms with van der Waals surface area (Å²) < 4.78 is 1.95. The fourth-order valence-corrected chi connectivity index (χ4v) is 1.96. The minimum atomic E-state index is 0.491. The first-order valence-corrected chi connectivity index (χ1v) is 5.01. The fraction of sp³-hybridized carbons (Fsp3) is 0.0909. The van der Waals surface area contributed by atoms with Crippen LogP contribution >= 0.6 is 11.6 Å². The van der Waals surface area contributed by atoms with Crippen molar-refractivity contribution >= 4 is 28.2 Å². The van der Waals surface area contributed by atoms with Crippen molar-refractivity contribution in [3.8, 4) is 0 Å². The topological polar surface area (TPSA) is 30.2 Å². The van der Waals surface area contributed by atoms with Gasteiger partial charge >= 0.3 is 0 Å². The Balaban J connectivity index is 2.60. The lowest BCUT2D eigenvalue weighted by Gasteiger charge is -2.03. The highest BCUT2D eigenvalue weighted by atomic mass is 35.5. The average Bonchev–Trinajstić information content (AvgIpc) is 2.66. The van der Waals surface area contributed by atoms with E-state index in [-0.39, 0.29) is 0 Å². The number of aromatic nitrogens is 3. The molecule has 0 aliphatic heterocycles. The Morgan fingerprint density at radius 2 is 2.13 bits per heavy atom. The zero-order valence-electron chi connectivity index (χ0n) is 8.11. The van der Waals surface area contributed by atoms with Gasteiger partial charge in [-0.2, -0.15) is 0 Å². The van der Waals surface area contributed by atoms with E-state index >= 15 is 0 Å². The Morgan fingerprint density at radius 1 is 1.27 bits per heavy atom. The number of rotatable bonds is 0. The SMILES string of the molecule is Cc1ccc2c(c1)nc(Cl)c1cncn12. The van der Waals surface area contributed by atoms with Gasteiger partial charge in [0.2, 0.25) is 0 Å². The van der Waals surface area contributed by atoms with Gasteiger partial charge < -0.3 is 0 Å². The van der Waals surface area contributed by atoms with Crippen molar-refractivity contribution in [2.45, 2.75) is 6.92 Å². The monoisotopic (exact) mass is 217 g/mol. The third-order valence-corrected chi connectivity index (χ3v) is 2.74. The molecule has 15 heavy (non-hydrogen) atoms. The molecule has 0 aliphatic carbocycles. The molecule has 0 N–H and O–H groups in total. The van der Waals surface area contributed by atoms with E-state index in [1.165, 1.54) is 5.56 Å². The number of halogens is 1. The molecular weight excluding hydrogens is 210 g/mol. The van der Waals surface area contributed by atoms with Gasteiger partial charge in [0, 0.05) is 0 Å². The Morgan fingerprint density at radius 3 is 3.00 bits per heavy atom. The molecule has 0 spiro atoms. The fourth-order valence-electron chi connectivity index (χ4n) is 1.73. The van der Waals surface area contributed by atoms with Crippen molar-refractivity contribution in [2.24, 2.45) is 0 Å². The largest absolute Gasteiger partial charge is 0.294 e. The summed E-state index contributed by atoms with van der Waals surface area (Å²) in [6, 6.07) is 6.10. The normalized spacial score (nSPS) is 11.3. The Kier molecular flexibility index (Phi) is 1.70. The summed E-state index contributed by atoms with van der Waals surface area (Å²) in [5, 5.41) is 0.491. The van der Waals surface area contributed by atoms with Gasteiger partial charge in [-0.1, -0.05) is 17.7 Å². The maximum absolute atomic E-state index is 6.06. The van der Waals surface area contributed by atoms with Crippen molar-refractivity contribution < 1.29 is 0 Å². The number of benzene rings is 1. The predicted molar refractivity (Wildman–Crippen MR) is 60.2 cm³/mol. The van der Waals surface area contributed by atoms with Crippen molar-refractivity contribution in [3.63, 3.8) is 0 Å². The summed E-state index contributed by atoms with van der Waals surface area (Å²) in [6.07, 6.45) is 3.47. The summed E-state index contributed by atoms with van der Waals surface area (Å²) >= 11 is 6.06. The second kappa shape index (κ2) is 2.94. The van der Waals surface area contributed by atoms with Crippen LogP contribution in [0.4, 0.5) is 0 Å². The maximum atomic E-state index is 6.06. The minimum absolute atomic E-state index is 0.491. The van der Waals surface area contributed by atoms with Crippen LogP contribution in [0.25, 0.3) is 16.6 Å². The quantitative estimate of drug-likeness (QED) is 0.580. The smallest absolute Gasteiger partial charge is 0.155 e. The minimum Gasteiger partial charge on any atom is -0.294 e. The number of hydrogen-bond donors (Lipinski definition) is 0. The van der Waals surface area contributed by atoms with E-state index in [9.17, 15) is 0 Å². The Hall–Kier alpha value is -1.61. The van der Waals surface area contributed by atoms with Crippen LogP contribution in [0, 0.1) is 6.92 Å². The Labute approximate surface area is 91.3 Å². The van der Waals surface area contributed by atoms with Crippen molar-refractivity contribution in [1.82, 2.24) is 14.4 Å². The van der Waals surface area contributed by atoms with Crippen LogP contribution < -0.4 is 0 Å². The zero-order chi connectivity index (χ0) is 10.4. The molecule has 0 amide bonds. The lowest BCUT2D eigenvalue weighted by atomic mass is 10.2. The van der Waals surface area contributed by atoms with Gasteiger partial charge in [-0.3, -0.25) is 4.40 Å². The van der Waals surface area contributed by atoms with Crippen LogP contribution in [0.2, 0.25) is 5.15 Å². The molecule has 1 aromatic carbocycles. The molecule has 0 saturated heterocycles. The van der Waals surface area contributed by atoms with Crippen molar-refractivity contribution in [2.75, 3.05) is 0 Å². The number of aryl methyl sites for hydroxylation is 1. The highest BCUT2D eigenvalue weighted by molar-refractivity contribution is 6.33. The molecule has 0 saturated carbocycles. The Bertz CT molecular complexity index is 657. The summed E-state index contributed by atoms with van der Waals surface area (Å²) in [4.78, 5) is 8.41. The van der Waals surface area contributed by atoms with Gasteiger partial charge in [-0.15, -0.1) is 0 Å². The van der Waals surface area contributed by atoms with E-state index in [4.69, 9.17) is 11.6 Å². The summed E-state index contributed by atoms with van der Waals surface area (Å²) in [6.45, 7) is 2.03. The van der Waals surface area contributed by atoms with E-state index in [2.05, 4.69) is 16.0 Å². The number of imidazole rings is 1. The number of fused-ring (bicyclic) bond motifs is 3. The molecule has 0 unspecified atom stereocenters. The summed E-state index contributed by atoms with van der Waals surface area (Å²) in [5.41, 5.74) is 3.93. The molecule has 3 rings (SSSR count). The van der Waals surface area contributed by atoms with Gasteiger partial charge in [0.25, 0.3) is 0 Å². The average molecular weight is 218 g/mol. The molecule has 2 heterocycles. The number of nitrogens with zero attached hydrogens (tertiary/aromatic N) is 3. The van der Waals surface area contributed by atoms with Gasteiger partial charge in [0.15, 0.2) is 5.15 Å². The van der Waals surface area contributed by atoms with E-state index in [0.29, 0.717) is 5.15 Å². The molecule has 4 heteroatoms. The maximum Gasteiger partial charge on any atom is 0.155 e. The highest BCUT2D eigenvalue weighted by Gasteiger charge is 2.06. The highest BCUT2D eigenvalue weighted by Crippen LogP contribution is 2.21. The molecular formula is C11H8ClN3. The van der Waals surface area contributed by atoms with Crippen molar-refractivity contribution in [1.29, 1.82) is 0 Å². The second-order valence-electron chi connectivity index (χ2n) is 3.54. The second-order valence-corrected chi connectivity index (χ2v) is 3.90. The van der Waals surface area contributed by atoms with Crippen LogP contribution in [0.1, 0.15) is 5.56 Å². The predicted octanol–water partition coefficient (Wildman–Crippen LogP) is 2.84. The van der Waals surface area contributed by atoms with Crippen LogP contribution in [0.3, 0.4) is 0 Å². The van der Waals surface area contributed by atoms with Crippen LogP contribution in [-0.4, -0.2) is 14.4 Å². The molecule has 0 aliphatic rings. The van der Waals surface area contributed by atoms with E-state index in [1.807, 2.05) is 23.5 Å². The lowest BCUT2D eigenvalue weighted by Crippen LogP contribution is -1.91. The molecule has 0 radical (unpaired) electrons. The molecule has 3 nitrogen and oxygen atoms in total. The van der Waals surface area contributed by atoms with Gasteiger partial charge in [0.05, 0.1) is 23.6 Å². The first-order chi connectivity index (χ1) is 7.25. The van der Waals surface area contributed by atoms with Gasteiger partial charge in [-0.25, -0.2) is 9.97 Å². The van der Waals surface area contributed by atoms with Crippen LogP contribution in [0.5, 0.6) is 0 Å². The van der Waals surface area contributed by atoms with Crippen LogP contribution in [0.15, 0.2) is 30.7 Å². The summed E-state index contributed by atoms with van der Waals surface area (Å²) in [5.74, 6) is 0. The molecule has 0 atom stereocenters. The van der Waals surface area contributed by atoms with Gasteiger partial charge in [0.1, 0.15) is 5.52 Å². The molecule has 2 aromatic heterocycles. The first-order valence-electron chi connectivity index (χ1n) is 4.63. The molecule has 74 valence electrons. The van der Waals surface area contributed by atoms with E-state index in [0.717, 1.165) is 16.6 Å². The van der Waals surface area contributed by atoms with E-state index in [1.54, 1.807) is 12.5 Å². The third-order valence-electron chi connectivity index (χ3n) is 2.46. The van der Waals surface area contributed by atoms with Crippen molar-refractivity contribution in [3.05, 3.63) is 41.4 Å². The standard InChI is InChI=1S/C11H8ClN3/c1-7-2-3-9-8(4-7)14-11(12)10-5-13-6-15(9)10/h2-6H,1H3. The molecule has 3 aromatic rings. The summed E-state index contributed by atoms with van der Waals surface area (Å²) in [7, 11) is 0. The zero-order valence-corrected chi connectivity index (χ0v) is 8.86. The first kappa shape index (κ1) is 8.68. The molecule has 0 fully saturated rings. The van der Waals surface area contributed by atoms with Gasteiger partial charge in [-0.05, 0) is 24.6 Å². The number of hydrogen-bond acceptors (Lipinski definition) is 2. The third kappa shape index (κ3) is 1.20.